The minimum absolute atomic E-state index is 0.00110. The predicted molar refractivity (Wildman–Crippen MR) is 101 cm³/mol. The number of rotatable bonds is 5. The molecule has 1 aromatic carbocycles. The topological polar surface area (TPSA) is 69.6 Å². The van der Waals surface area contributed by atoms with E-state index in [1.165, 1.54) is 6.42 Å². The number of carbonyl (C=O) groups is 2. The summed E-state index contributed by atoms with van der Waals surface area (Å²) in [4.78, 5) is 27.2. The first kappa shape index (κ1) is 19.1. The van der Waals surface area contributed by atoms with Crippen LogP contribution in [0.4, 0.5) is 0 Å². The number of hydrogen-bond donors (Lipinski definition) is 2. The van der Waals surface area contributed by atoms with Crippen LogP contribution in [0, 0.1) is 13.8 Å². The maximum Gasteiger partial charge on any atom is 0.264 e. The second-order valence-corrected chi connectivity index (χ2v) is 7.85. The Morgan fingerprint density at radius 2 is 1.69 bits per heavy atom. The van der Waals surface area contributed by atoms with Gasteiger partial charge in [0.1, 0.15) is 0 Å². The van der Waals surface area contributed by atoms with Gasteiger partial charge in [-0.3, -0.25) is 14.5 Å². The first-order valence-corrected chi connectivity index (χ1v) is 9.82. The van der Waals surface area contributed by atoms with Gasteiger partial charge in [0.25, 0.3) is 5.91 Å². The van der Waals surface area contributed by atoms with Crippen LogP contribution in [-0.4, -0.2) is 46.6 Å². The van der Waals surface area contributed by atoms with E-state index in [2.05, 4.69) is 5.32 Å². The lowest BCUT2D eigenvalue weighted by molar-refractivity contribution is -0.140. The summed E-state index contributed by atoms with van der Waals surface area (Å²) in [6, 6.07) is 5.54. The number of aliphatic hydroxyl groups excluding tert-OH is 1. The molecule has 1 saturated heterocycles. The molecule has 2 N–H and O–H groups in total. The number of benzene rings is 1. The Morgan fingerprint density at radius 1 is 1.04 bits per heavy atom. The fraction of sp³-hybridized carbons (Fsp3) is 0.619. The van der Waals surface area contributed by atoms with Crippen LogP contribution in [0.15, 0.2) is 18.2 Å². The van der Waals surface area contributed by atoms with Crippen LogP contribution in [0.1, 0.15) is 66.4 Å². The van der Waals surface area contributed by atoms with Gasteiger partial charge in [-0.2, -0.15) is 0 Å². The number of Topliss-reactive ketones (excluding diaryl/α,β-unsaturated/α-hetero) is 1. The highest BCUT2D eigenvalue weighted by atomic mass is 16.3. The molecule has 1 saturated carbocycles. The largest absolute Gasteiger partial charge is 0.370 e. The molecule has 2 aliphatic rings. The van der Waals surface area contributed by atoms with Crippen LogP contribution in [0.2, 0.25) is 0 Å². The number of carbonyl (C=O) groups excluding carboxylic acids is 2. The zero-order valence-electron chi connectivity index (χ0n) is 15.8. The van der Waals surface area contributed by atoms with Gasteiger partial charge >= 0.3 is 0 Å². The molecule has 0 spiro atoms. The Bertz CT molecular complexity index is 647. The molecule has 3 rings (SSSR count). The van der Waals surface area contributed by atoms with Crippen LogP contribution in [0.5, 0.6) is 0 Å². The van der Waals surface area contributed by atoms with E-state index < -0.39 is 12.3 Å². The third-order valence-corrected chi connectivity index (χ3v) is 5.60. The fourth-order valence-electron chi connectivity index (χ4n) is 4.35. The van der Waals surface area contributed by atoms with Crippen molar-refractivity contribution in [1.29, 1.82) is 0 Å². The standard InChI is InChI=1S/C21H30N2O3/c1-14-11-15(2)13-16(12-14)19(24)18-9-6-10-23(18)21(26)20(25)22-17-7-4-3-5-8-17/h11-13,17-18,21,26H,3-10H2,1-2H3,(H,22,25). The van der Waals surface area contributed by atoms with Gasteiger partial charge in [-0.1, -0.05) is 36.5 Å². The molecule has 5 nitrogen and oxygen atoms in total. The molecule has 2 fully saturated rings. The molecule has 1 aliphatic heterocycles. The molecule has 1 amide bonds. The molecule has 2 atom stereocenters. The van der Waals surface area contributed by atoms with E-state index in [0.717, 1.165) is 43.2 Å². The zero-order chi connectivity index (χ0) is 18.7. The molecule has 0 radical (unpaired) electrons. The van der Waals surface area contributed by atoms with E-state index in [-0.39, 0.29) is 17.7 Å². The smallest absolute Gasteiger partial charge is 0.264 e. The molecule has 142 valence electrons. The monoisotopic (exact) mass is 358 g/mol. The van der Waals surface area contributed by atoms with Crippen LogP contribution in [-0.2, 0) is 4.79 Å². The molecule has 0 bridgehead atoms. The number of nitrogens with one attached hydrogen (secondary N) is 1. The van der Waals surface area contributed by atoms with Crippen LogP contribution in [0.25, 0.3) is 0 Å². The fourth-order valence-corrected chi connectivity index (χ4v) is 4.35. The molecular formula is C21H30N2O3. The molecule has 0 aromatic heterocycles. The molecule has 1 aromatic rings. The average Bonchev–Trinajstić information content (AvgIpc) is 3.10. The van der Waals surface area contributed by atoms with Gasteiger partial charge in [0, 0.05) is 18.2 Å². The van der Waals surface area contributed by atoms with Crippen molar-refractivity contribution < 1.29 is 14.7 Å². The van der Waals surface area contributed by atoms with Gasteiger partial charge < -0.3 is 10.4 Å². The van der Waals surface area contributed by atoms with Gasteiger partial charge in [-0.25, -0.2) is 0 Å². The summed E-state index contributed by atoms with van der Waals surface area (Å²) in [5.74, 6) is -0.365. The van der Waals surface area contributed by atoms with Gasteiger partial charge in [0.2, 0.25) is 0 Å². The number of likely N-dealkylation sites (tertiary alicyclic amines) is 1. The Balaban J connectivity index is 1.68. The van der Waals surface area contributed by atoms with E-state index in [0.29, 0.717) is 18.5 Å². The Labute approximate surface area is 155 Å². The normalized spacial score (nSPS) is 23.0. The number of ketones is 1. The number of aliphatic hydroxyl groups is 1. The highest BCUT2D eigenvalue weighted by Crippen LogP contribution is 2.25. The van der Waals surface area contributed by atoms with Crippen molar-refractivity contribution in [2.24, 2.45) is 0 Å². The van der Waals surface area contributed by atoms with Crippen LogP contribution < -0.4 is 5.32 Å². The maximum absolute atomic E-state index is 13.0. The molecule has 1 heterocycles. The lowest BCUT2D eigenvalue weighted by Crippen LogP contribution is -2.53. The number of amides is 1. The van der Waals surface area contributed by atoms with Crippen molar-refractivity contribution in [2.75, 3.05) is 6.54 Å². The predicted octanol–water partition coefficient (Wildman–Crippen LogP) is 2.72. The maximum atomic E-state index is 13.0. The third kappa shape index (κ3) is 4.33. The highest BCUT2D eigenvalue weighted by Gasteiger charge is 2.38. The quantitative estimate of drug-likeness (QED) is 0.794. The summed E-state index contributed by atoms with van der Waals surface area (Å²) in [6.07, 6.45) is 5.66. The Kier molecular flexibility index (Phi) is 6.09. The zero-order valence-corrected chi connectivity index (χ0v) is 15.8. The van der Waals surface area contributed by atoms with Gasteiger partial charge in [-0.15, -0.1) is 0 Å². The SMILES string of the molecule is Cc1cc(C)cc(C(=O)C2CCCN2C(O)C(=O)NC2CCCCC2)c1. The third-order valence-electron chi connectivity index (χ3n) is 5.60. The van der Waals surface area contributed by atoms with Crippen molar-refractivity contribution in [3.63, 3.8) is 0 Å². The minimum Gasteiger partial charge on any atom is -0.370 e. The first-order valence-electron chi connectivity index (χ1n) is 9.82. The second-order valence-electron chi connectivity index (χ2n) is 7.85. The lowest BCUT2D eigenvalue weighted by Gasteiger charge is -2.30. The minimum atomic E-state index is -1.25. The molecule has 2 unspecified atom stereocenters. The first-order chi connectivity index (χ1) is 12.5. The summed E-state index contributed by atoms with van der Waals surface area (Å²) in [5, 5.41) is 13.6. The summed E-state index contributed by atoms with van der Waals surface area (Å²) >= 11 is 0. The summed E-state index contributed by atoms with van der Waals surface area (Å²) in [6.45, 7) is 4.52. The van der Waals surface area contributed by atoms with E-state index in [1.54, 1.807) is 4.90 Å². The van der Waals surface area contributed by atoms with Gasteiger partial charge in [0.15, 0.2) is 12.0 Å². The molecule has 26 heavy (non-hydrogen) atoms. The van der Waals surface area contributed by atoms with Crippen LogP contribution >= 0.6 is 0 Å². The van der Waals surface area contributed by atoms with Crippen molar-refractivity contribution in [1.82, 2.24) is 10.2 Å². The summed E-state index contributed by atoms with van der Waals surface area (Å²) in [5.41, 5.74) is 2.77. The van der Waals surface area contributed by atoms with Crippen molar-refractivity contribution in [3.05, 3.63) is 34.9 Å². The van der Waals surface area contributed by atoms with E-state index in [9.17, 15) is 14.7 Å². The second kappa shape index (κ2) is 8.31. The molecular weight excluding hydrogens is 328 g/mol. The average molecular weight is 358 g/mol. The van der Waals surface area contributed by atoms with E-state index in [1.807, 2.05) is 32.0 Å². The van der Waals surface area contributed by atoms with Crippen LogP contribution in [0.3, 0.4) is 0 Å². The van der Waals surface area contributed by atoms with Crippen molar-refractivity contribution >= 4 is 11.7 Å². The van der Waals surface area contributed by atoms with Gasteiger partial charge in [0.05, 0.1) is 6.04 Å². The summed E-state index contributed by atoms with van der Waals surface area (Å²) < 4.78 is 0. The number of nitrogens with zero attached hydrogens (tertiary/aromatic N) is 1. The van der Waals surface area contributed by atoms with Gasteiger partial charge in [-0.05, 0) is 51.7 Å². The molecule has 5 heteroatoms. The summed E-state index contributed by atoms with van der Waals surface area (Å²) in [7, 11) is 0. The molecule has 1 aliphatic carbocycles. The van der Waals surface area contributed by atoms with E-state index >= 15 is 0 Å². The highest BCUT2D eigenvalue weighted by molar-refractivity contribution is 6.01. The number of aryl methyl sites for hydroxylation is 2. The Morgan fingerprint density at radius 3 is 2.35 bits per heavy atom. The number of hydrogen-bond acceptors (Lipinski definition) is 4. The van der Waals surface area contributed by atoms with E-state index in [4.69, 9.17) is 0 Å². The van der Waals surface area contributed by atoms with Crippen molar-refractivity contribution in [2.45, 2.75) is 77.1 Å². The van der Waals surface area contributed by atoms with Crippen molar-refractivity contribution in [3.8, 4) is 0 Å². The Hall–Kier alpha value is -1.72. The lowest BCUT2D eigenvalue weighted by atomic mass is 9.95.